The van der Waals surface area contributed by atoms with Crippen LogP contribution in [0.2, 0.25) is 0 Å². The minimum absolute atomic E-state index is 0.147. The highest BCUT2D eigenvalue weighted by atomic mass is 19.1. The molecule has 1 aromatic carbocycles. The van der Waals surface area contributed by atoms with Gasteiger partial charge in [-0.1, -0.05) is 13.0 Å². The monoisotopic (exact) mass is 513 g/mol. The van der Waals surface area contributed by atoms with Crippen molar-refractivity contribution in [2.75, 3.05) is 16.8 Å². The topological polar surface area (TPSA) is 125 Å². The van der Waals surface area contributed by atoms with Gasteiger partial charge in [-0.05, 0) is 49.4 Å². The molecule has 1 fully saturated rings. The van der Waals surface area contributed by atoms with Crippen LogP contribution in [-0.4, -0.2) is 44.9 Å². The molecule has 194 valence electrons. The molecule has 0 bridgehead atoms. The summed E-state index contributed by atoms with van der Waals surface area (Å²) in [5.41, 5.74) is 6.46. The summed E-state index contributed by atoms with van der Waals surface area (Å²) < 4.78 is 43.1. The van der Waals surface area contributed by atoms with Crippen LogP contribution < -0.4 is 16.0 Å². The number of piperidine rings is 1. The maximum Gasteiger partial charge on any atom is 0.274 e. The summed E-state index contributed by atoms with van der Waals surface area (Å²) in [6.45, 7) is 2.45. The average molecular weight is 514 g/mol. The average Bonchev–Trinajstić information content (AvgIpc) is 3.23. The van der Waals surface area contributed by atoms with Crippen molar-refractivity contribution in [2.45, 2.75) is 44.6 Å². The summed E-state index contributed by atoms with van der Waals surface area (Å²) >= 11 is 0. The molecule has 1 unspecified atom stereocenters. The minimum Gasteiger partial charge on any atom is -0.387 e. The first-order chi connectivity index (χ1) is 17.7. The Balaban J connectivity index is 1.54. The Morgan fingerprint density at radius 3 is 2.59 bits per heavy atom. The van der Waals surface area contributed by atoms with Gasteiger partial charge < -0.3 is 26.2 Å². The quantitative estimate of drug-likeness (QED) is 0.422. The maximum absolute atomic E-state index is 14.5. The van der Waals surface area contributed by atoms with Gasteiger partial charge in [0.2, 0.25) is 0 Å². The minimum atomic E-state index is -1.03. The number of nitrogens with two attached hydrogens (primary N) is 1. The highest BCUT2D eigenvalue weighted by molar-refractivity contribution is 6.05. The van der Waals surface area contributed by atoms with E-state index in [4.69, 9.17) is 5.73 Å². The number of aliphatic hydroxyl groups is 2. The van der Waals surface area contributed by atoms with Crippen LogP contribution in [0.25, 0.3) is 11.3 Å². The van der Waals surface area contributed by atoms with Gasteiger partial charge in [-0.15, -0.1) is 0 Å². The molecule has 1 amide bonds. The molecule has 0 saturated carbocycles. The number of carbonyl (C=O) groups excluding carboxylic acids is 1. The van der Waals surface area contributed by atoms with Gasteiger partial charge in [-0.25, -0.2) is 18.2 Å². The number of carbonyl (C=O) groups is 1. The van der Waals surface area contributed by atoms with Crippen molar-refractivity contribution < 1.29 is 28.2 Å². The molecule has 37 heavy (non-hydrogen) atoms. The number of fused-ring (bicyclic) bond motifs is 1. The number of hydrogen-bond acceptors (Lipinski definition) is 7. The molecule has 0 radical (unpaired) electrons. The fraction of sp³-hybridized carbons (Fsp3) is 0.346. The molecule has 5 N–H and O–H groups in total. The second-order valence-electron chi connectivity index (χ2n) is 9.59. The summed E-state index contributed by atoms with van der Waals surface area (Å²) in [6.07, 6.45) is 1.10. The lowest BCUT2D eigenvalue weighted by Gasteiger charge is -2.42. The zero-order valence-electron chi connectivity index (χ0n) is 20.0. The van der Waals surface area contributed by atoms with Crippen LogP contribution in [0.1, 0.15) is 47.6 Å². The van der Waals surface area contributed by atoms with Crippen LogP contribution in [-0.2, 0) is 6.42 Å². The Morgan fingerprint density at radius 2 is 1.86 bits per heavy atom. The number of halogens is 3. The third-order valence-electron chi connectivity index (χ3n) is 6.87. The van der Waals surface area contributed by atoms with E-state index >= 15 is 0 Å². The van der Waals surface area contributed by atoms with Crippen molar-refractivity contribution in [3.05, 3.63) is 70.9 Å². The fourth-order valence-electron chi connectivity index (χ4n) is 5.14. The molecule has 3 aromatic rings. The molecule has 3 heterocycles. The molecular formula is C26H26F3N5O3. The van der Waals surface area contributed by atoms with Gasteiger partial charge >= 0.3 is 0 Å². The molecule has 1 saturated heterocycles. The number of nitrogens with one attached hydrogen (secondary N) is 1. The van der Waals surface area contributed by atoms with E-state index in [-0.39, 0.29) is 17.3 Å². The highest BCUT2D eigenvalue weighted by Gasteiger charge is 2.37. The van der Waals surface area contributed by atoms with E-state index in [9.17, 15) is 28.2 Å². The molecule has 4 atom stereocenters. The normalized spacial score (nSPS) is 23.2. The van der Waals surface area contributed by atoms with Crippen molar-refractivity contribution in [2.24, 2.45) is 11.7 Å². The van der Waals surface area contributed by atoms with Crippen molar-refractivity contribution in [3.63, 3.8) is 0 Å². The van der Waals surface area contributed by atoms with Gasteiger partial charge in [-0.3, -0.25) is 9.78 Å². The Labute approximate surface area is 211 Å². The van der Waals surface area contributed by atoms with Gasteiger partial charge in [-0.2, -0.15) is 0 Å². The summed E-state index contributed by atoms with van der Waals surface area (Å²) in [4.78, 5) is 23.2. The van der Waals surface area contributed by atoms with Gasteiger partial charge in [0.05, 0.1) is 34.9 Å². The van der Waals surface area contributed by atoms with Gasteiger partial charge in [0.1, 0.15) is 35.1 Å². The standard InChI is InChI=1S/C26H26F3N5O3/c1-12-9-17(30)26(37)34(11-12)24-13-5-8-20(35)22(13)31-10-19(24)33-25(36)18-7-6-16(29)23(32-18)21-14(27)3-2-4-15(21)28/h2-4,6-7,10,12,17,20,26,35,37H,5,8-9,11,30H2,1H3,(H,33,36)/t12-,17+,20+,26?/m0/s1. The van der Waals surface area contributed by atoms with E-state index in [0.29, 0.717) is 42.8 Å². The number of amides is 1. The lowest BCUT2D eigenvalue weighted by Crippen LogP contribution is -2.55. The Hall–Kier alpha value is -3.54. The van der Waals surface area contributed by atoms with Crippen LogP contribution in [0.4, 0.5) is 24.5 Å². The smallest absolute Gasteiger partial charge is 0.274 e. The Morgan fingerprint density at radius 1 is 1.14 bits per heavy atom. The van der Waals surface area contributed by atoms with E-state index in [1.54, 1.807) is 4.90 Å². The predicted octanol–water partition coefficient (Wildman–Crippen LogP) is 3.28. The molecule has 0 spiro atoms. The third kappa shape index (κ3) is 4.54. The molecule has 1 aliphatic heterocycles. The first-order valence-electron chi connectivity index (χ1n) is 12.0. The van der Waals surface area contributed by atoms with Gasteiger partial charge in [0.15, 0.2) is 0 Å². The Bertz CT molecular complexity index is 1350. The molecule has 5 rings (SSSR count). The summed E-state index contributed by atoms with van der Waals surface area (Å²) in [5.74, 6) is -3.65. The number of nitrogens with zero attached hydrogens (tertiary/aromatic N) is 3. The summed E-state index contributed by atoms with van der Waals surface area (Å²) in [6, 6.07) is 4.57. The molecule has 1 aliphatic carbocycles. The van der Waals surface area contributed by atoms with Crippen LogP contribution >= 0.6 is 0 Å². The first kappa shape index (κ1) is 25.1. The first-order valence-corrected chi connectivity index (χ1v) is 12.0. The molecular weight excluding hydrogens is 487 g/mol. The van der Waals surface area contributed by atoms with E-state index in [1.165, 1.54) is 6.20 Å². The van der Waals surface area contributed by atoms with Gasteiger partial charge in [0, 0.05) is 18.2 Å². The SMILES string of the molecule is C[C@H]1C[C@@H](N)C(O)N(c2c(NC(=O)c3ccc(F)c(-c4c(F)cccc4F)n3)cnc3c2CC[C@H]3O)C1. The van der Waals surface area contributed by atoms with E-state index in [2.05, 4.69) is 15.3 Å². The molecule has 8 nitrogen and oxygen atoms in total. The lowest BCUT2D eigenvalue weighted by molar-refractivity contribution is 0.101. The zero-order valence-corrected chi connectivity index (χ0v) is 20.0. The number of benzene rings is 1. The van der Waals surface area contributed by atoms with Crippen LogP contribution in [0, 0.1) is 23.4 Å². The third-order valence-corrected chi connectivity index (χ3v) is 6.87. The molecule has 2 aromatic heterocycles. The van der Waals surface area contributed by atoms with Crippen molar-refractivity contribution in [1.82, 2.24) is 9.97 Å². The number of aliphatic hydroxyl groups excluding tert-OH is 2. The number of aromatic nitrogens is 2. The molecule has 2 aliphatic rings. The van der Waals surface area contributed by atoms with E-state index < -0.39 is 53.0 Å². The van der Waals surface area contributed by atoms with Gasteiger partial charge in [0.25, 0.3) is 5.91 Å². The second-order valence-corrected chi connectivity index (χ2v) is 9.59. The van der Waals surface area contributed by atoms with Crippen LogP contribution in [0.3, 0.4) is 0 Å². The predicted molar refractivity (Wildman–Crippen MR) is 130 cm³/mol. The Kier molecular flexibility index (Phi) is 6.61. The largest absolute Gasteiger partial charge is 0.387 e. The van der Waals surface area contributed by atoms with Crippen molar-refractivity contribution >= 4 is 17.3 Å². The number of rotatable bonds is 4. The molecule has 11 heteroatoms. The summed E-state index contributed by atoms with van der Waals surface area (Å²) in [5, 5.41) is 24.0. The lowest BCUT2D eigenvalue weighted by atomic mass is 9.93. The summed E-state index contributed by atoms with van der Waals surface area (Å²) in [7, 11) is 0. The highest BCUT2D eigenvalue weighted by Crippen LogP contribution is 2.42. The van der Waals surface area contributed by atoms with Crippen molar-refractivity contribution in [1.29, 1.82) is 0 Å². The number of anilines is 2. The van der Waals surface area contributed by atoms with Crippen LogP contribution in [0.15, 0.2) is 36.5 Å². The maximum atomic E-state index is 14.5. The van der Waals surface area contributed by atoms with Crippen molar-refractivity contribution in [3.8, 4) is 11.3 Å². The second kappa shape index (κ2) is 9.73. The number of hydrogen-bond donors (Lipinski definition) is 4. The van der Waals surface area contributed by atoms with E-state index in [0.717, 1.165) is 30.3 Å². The van der Waals surface area contributed by atoms with Crippen LogP contribution in [0.5, 0.6) is 0 Å². The fourth-order valence-corrected chi connectivity index (χ4v) is 5.14. The number of pyridine rings is 2. The van der Waals surface area contributed by atoms with E-state index in [1.807, 2.05) is 6.92 Å². The zero-order chi connectivity index (χ0) is 26.4.